The van der Waals surface area contributed by atoms with Crippen molar-refractivity contribution in [1.29, 1.82) is 5.26 Å². The van der Waals surface area contributed by atoms with E-state index in [4.69, 9.17) is 10.00 Å². The van der Waals surface area contributed by atoms with E-state index in [9.17, 15) is 0 Å². The smallest absolute Gasteiger partial charge is 0.0839 e. The Morgan fingerprint density at radius 1 is 1.50 bits per heavy atom. The lowest BCUT2D eigenvalue weighted by molar-refractivity contribution is 0.366. The van der Waals surface area contributed by atoms with E-state index in [0.29, 0.717) is 18.6 Å². The van der Waals surface area contributed by atoms with Gasteiger partial charge in [-0.15, -0.1) is 0 Å². The fraction of sp³-hybridized carbons (Fsp3) is 0.875. The molecule has 1 aliphatic rings. The van der Waals surface area contributed by atoms with E-state index >= 15 is 0 Å². The number of epoxide rings is 1. The van der Waals surface area contributed by atoms with Crippen LogP contribution >= 0.6 is 0 Å². The van der Waals surface area contributed by atoms with Gasteiger partial charge >= 0.3 is 0 Å². The molecule has 1 saturated heterocycles. The summed E-state index contributed by atoms with van der Waals surface area (Å²) in [6.45, 7) is 2.09. The molecular weight excluding hydrogens is 126 g/mol. The molecule has 2 atom stereocenters. The van der Waals surface area contributed by atoms with Gasteiger partial charge in [-0.05, 0) is 26.2 Å². The van der Waals surface area contributed by atoms with Gasteiger partial charge in [-0.3, -0.25) is 0 Å². The monoisotopic (exact) mass is 139 g/mol. The second-order valence-electron chi connectivity index (χ2n) is 2.78. The molecule has 0 aromatic carbocycles. The van der Waals surface area contributed by atoms with Crippen LogP contribution in [0.3, 0.4) is 0 Å². The molecule has 2 nitrogen and oxygen atoms in total. The van der Waals surface area contributed by atoms with Crippen LogP contribution in [-0.4, -0.2) is 12.2 Å². The van der Waals surface area contributed by atoms with Crippen molar-refractivity contribution in [2.45, 2.75) is 44.8 Å². The van der Waals surface area contributed by atoms with Gasteiger partial charge in [-0.2, -0.15) is 5.26 Å². The second-order valence-corrected chi connectivity index (χ2v) is 2.78. The van der Waals surface area contributed by atoms with Gasteiger partial charge in [0.05, 0.1) is 18.3 Å². The van der Waals surface area contributed by atoms with Crippen molar-refractivity contribution in [2.24, 2.45) is 0 Å². The molecule has 0 aromatic rings. The van der Waals surface area contributed by atoms with Crippen LogP contribution in [0.2, 0.25) is 0 Å². The van der Waals surface area contributed by atoms with Crippen LogP contribution in [0.15, 0.2) is 0 Å². The van der Waals surface area contributed by atoms with E-state index in [0.717, 1.165) is 19.3 Å². The van der Waals surface area contributed by atoms with Crippen molar-refractivity contribution in [2.75, 3.05) is 0 Å². The van der Waals surface area contributed by atoms with Gasteiger partial charge in [0.2, 0.25) is 0 Å². The molecule has 1 rings (SSSR count). The first-order chi connectivity index (χ1) is 4.84. The molecule has 0 N–H and O–H groups in total. The Morgan fingerprint density at radius 3 is 2.70 bits per heavy atom. The van der Waals surface area contributed by atoms with Crippen molar-refractivity contribution < 1.29 is 4.74 Å². The summed E-state index contributed by atoms with van der Waals surface area (Å²) >= 11 is 0. The van der Waals surface area contributed by atoms with Crippen molar-refractivity contribution >= 4 is 0 Å². The highest BCUT2D eigenvalue weighted by Gasteiger charge is 2.32. The molecule has 1 heterocycles. The molecule has 0 amide bonds. The lowest BCUT2D eigenvalue weighted by atomic mass is 10.1. The van der Waals surface area contributed by atoms with Crippen LogP contribution in [0.25, 0.3) is 0 Å². The van der Waals surface area contributed by atoms with Crippen LogP contribution in [0.1, 0.15) is 32.6 Å². The van der Waals surface area contributed by atoms with E-state index in [1.807, 2.05) is 0 Å². The van der Waals surface area contributed by atoms with E-state index in [2.05, 4.69) is 13.0 Å². The van der Waals surface area contributed by atoms with Gasteiger partial charge in [-0.1, -0.05) is 0 Å². The molecule has 0 saturated carbocycles. The highest BCUT2D eigenvalue weighted by atomic mass is 16.6. The fourth-order valence-corrected chi connectivity index (χ4v) is 1.08. The Hall–Kier alpha value is -0.550. The van der Waals surface area contributed by atoms with Crippen LogP contribution in [0, 0.1) is 11.3 Å². The first kappa shape index (κ1) is 7.56. The SMILES string of the molecule is C[C@H]1O[C@@H]1CCCCC#N. The molecular formula is C8H13NO. The molecule has 0 unspecified atom stereocenters. The molecule has 0 spiro atoms. The van der Waals surface area contributed by atoms with Crippen molar-refractivity contribution in [3.63, 3.8) is 0 Å². The predicted octanol–water partition coefficient (Wildman–Crippen LogP) is 1.86. The number of nitriles is 1. The molecule has 0 radical (unpaired) electrons. The largest absolute Gasteiger partial charge is 0.370 e. The third-order valence-corrected chi connectivity index (χ3v) is 1.86. The summed E-state index contributed by atoms with van der Waals surface area (Å²) in [6, 6.07) is 2.13. The van der Waals surface area contributed by atoms with E-state index in [-0.39, 0.29) is 0 Å². The highest BCUT2D eigenvalue weighted by molar-refractivity contribution is 4.80. The Kier molecular flexibility index (Phi) is 2.70. The van der Waals surface area contributed by atoms with E-state index in [1.165, 1.54) is 0 Å². The Balaban J connectivity index is 1.83. The Bertz CT molecular complexity index is 139. The molecule has 0 aliphatic carbocycles. The minimum Gasteiger partial charge on any atom is -0.370 e. The van der Waals surface area contributed by atoms with Crippen LogP contribution in [-0.2, 0) is 4.74 Å². The predicted molar refractivity (Wildman–Crippen MR) is 38.4 cm³/mol. The molecule has 0 aromatic heterocycles. The minimum absolute atomic E-state index is 0.488. The first-order valence-corrected chi connectivity index (χ1v) is 3.87. The number of hydrogen-bond acceptors (Lipinski definition) is 2. The standard InChI is InChI=1S/C8H13NO/c1-7-8(10-7)5-3-2-4-6-9/h7-8H,2-5H2,1H3/t7-,8-/m1/s1. The van der Waals surface area contributed by atoms with Gasteiger partial charge < -0.3 is 4.74 Å². The zero-order valence-corrected chi connectivity index (χ0v) is 6.34. The zero-order valence-electron chi connectivity index (χ0n) is 6.34. The maximum Gasteiger partial charge on any atom is 0.0839 e. The quantitative estimate of drug-likeness (QED) is 0.440. The number of nitrogens with zero attached hydrogens (tertiary/aromatic N) is 1. The molecule has 0 bridgehead atoms. The molecule has 2 heteroatoms. The first-order valence-electron chi connectivity index (χ1n) is 3.87. The normalized spacial score (nSPS) is 29.6. The third kappa shape index (κ3) is 2.36. The summed E-state index contributed by atoms with van der Waals surface area (Å²) in [6.07, 6.45) is 5.01. The lowest BCUT2D eigenvalue weighted by Gasteiger charge is -1.90. The van der Waals surface area contributed by atoms with Gasteiger partial charge in [0.15, 0.2) is 0 Å². The van der Waals surface area contributed by atoms with Gasteiger partial charge in [-0.25, -0.2) is 0 Å². The number of unbranched alkanes of at least 4 members (excludes halogenated alkanes) is 2. The number of rotatable bonds is 4. The topological polar surface area (TPSA) is 36.3 Å². The molecule has 1 aliphatic heterocycles. The van der Waals surface area contributed by atoms with Gasteiger partial charge in [0, 0.05) is 6.42 Å². The van der Waals surface area contributed by atoms with Gasteiger partial charge in [0.25, 0.3) is 0 Å². The van der Waals surface area contributed by atoms with Crippen molar-refractivity contribution in [3.05, 3.63) is 0 Å². The van der Waals surface area contributed by atoms with Crippen LogP contribution < -0.4 is 0 Å². The van der Waals surface area contributed by atoms with E-state index < -0.39 is 0 Å². The Labute approximate surface area is 61.8 Å². The summed E-state index contributed by atoms with van der Waals surface area (Å²) in [7, 11) is 0. The third-order valence-electron chi connectivity index (χ3n) is 1.86. The molecule has 10 heavy (non-hydrogen) atoms. The summed E-state index contributed by atoms with van der Waals surface area (Å²) in [5.74, 6) is 0. The average Bonchev–Trinajstić information content (AvgIpc) is 2.60. The zero-order chi connectivity index (χ0) is 7.40. The molecule has 56 valence electrons. The van der Waals surface area contributed by atoms with Crippen LogP contribution in [0.4, 0.5) is 0 Å². The number of ether oxygens (including phenoxy) is 1. The average molecular weight is 139 g/mol. The second kappa shape index (κ2) is 3.58. The van der Waals surface area contributed by atoms with Gasteiger partial charge in [0.1, 0.15) is 0 Å². The van der Waals surface area contributed by atoms with Crippen molar-refractivity contribution in [3.8, 4) is 6.07 Å². The fourth-order valence-electron chi connectivity index (χ4n) is 1.08. The summed E-state index contributed by atoms with van der Waals surface area (Å²) < 4.78 is 5.21. The summed E-state index contributed by atoms with van der Waals surface area (Å²) in [5, 5.41) is 8.22. The summed E-state index contributed by atoms with van der Waals surface area (Å²) in [4.78, 5) is 0. The Morgan fingerprint density at radius 2 is 2.20 bits per heavy atom. The number of hydrogen-bond donors (Lipinski definition) is 0. The lowest BCUT2D eigenvalue weighted by Crippen LogP contribution is -1.88. The summed E-state index contributed by atoms with van der Waals surface area (Å²) in [5.41, 5.74) is 0. The van der Waals surface area contributed by atoms with Crippen LogP contribution in [0.5, 0.6) is 0 Å². The maximum absolute atomic E-state index is 8.22. The minimum atomic E-state index is 0.488. The van der Waals surface area contributed by atoms with E-state index in [1.54, 1.807) is 0 Å². The van der Waals surface area contributed by atoms with Crippen molar-refractivity contribution in [1.82, 2.24) is 0 Å². The molecule has 1 fully saturated rings. The maximum atomic E-state index is 8.22. The highest BCUT2D eigenvalue weighted by Crippen LogP contribution is 2.26.